The molecule has 2 atom stereocenters. The molecule has 0 aliphatic carbocycles. The number of hydrogen-bond acceptors (Lipinski definition) is 3. The first-order chi connectivity index (χ1) is 8.07. The van der Waals surface area contributed by atoms with Crippen molar-refractivity contribution in [2.75, 3.05) is 13.1 Å². The average Bonchev–Trinajstić information content (AvgIpc) is 2.82. The molecule has 0 bridgehead atoms. The number of rotatable bonds is 6. The largest absolute Gasteiger partial charge is 0.368 e. The van der Waals surface area contributed by atoms with Crippen molar-refractivity contribution in [2.45, 2.75) is 45.1 Å². The maximum atomic E-state index is 12.2. The van der Waals surface area contributed by atoms with E-state index in [1.807, 2.05) is 11.8 Å². The molecule has 1 heterocycles. The van der Waals surface area contributed by atoms with Crippen LogP contribution in [0.3, 0.4) is 0 Å². The maximum absolute atomic E-state index is 12.2. The van der Waals surface area contributed by atoms with Crippen LogP contribution in [0.5, 0.6) is 0 Å². The Balaban J connectivity index is 2.66. The quantitative estimate of drug-likeness (QED) is 0.697. The van der Waals surface area contributed by atoms with Crippen molar-refractivity contribution in [3.63, 3.8) is 0 Å². The molecule has 98 valence electrons. The molecule has 0 radical (unpaired) electrons. The third-order valence-electron chi connectivity index (χ3n) is 3.37. The van der Waals surface area contributed by atoms with Gasteiger partial charge >= 0.3 is 0 Å². The van der Waals surface area contributed by atoms with Gasteiger partial charge in [-0.1, -0.05) is 19.8 Å². The summed E-state index contributed by atoms with van der Waals surface area (Å²) in [5.74, 6) is -1.02. The number of hydrogen-bond donors (Lipinski definition) is 2. The summed E-state index contributed by atoms with van der Waals surface area (Å²) >= 11 is 0. The van der Waals surface area contributed by atoms with Crippen LogP contribution in [-0.4, -0.2) is 35.8 Å². The normalized spacial score (nSPS) is 19.1. The summed E-state index contributed by atoms with van der Waals surface area (Å²) in [5.41, 5.74) is 11.0. The molecule has 0 aromatic heterocycles. The Labute approximate surface area is 103 Å². The third kappa shape index (κ3) is 3.70. The van der Waals surface area contributed by atoms with Crippen molar-refractivity contribution in [3.8, 4) is 0 Å². The van der Waals surface area contributed by atoms with Gasteiger partial charge in [-0.15, -0.1) is 0 Å². The molecule has 4 N–H and O–H groups in total. The van der Waals surface area contributed by atoms with E-state index >= 15 is 0 Å². The van der Waals surface area contributed by atoms with Crippen molar-refractivity contribution < 1.29 is 9.59 Å². The van der Waals surface area contributed by atoms with Gasteiger partial charge in [0.15, 0.2) is 0 Å². The molecule has 1 aliphatic rings. The van der Waals surface area contributed by atoms with Gasteiger partial charge in [-0.2, -0.15) is 0 Å². The first-order valence-corrected chi connectivity index (χ1v) is 6.41. The van der Waals surface area contributed by atoms with Gasteiger partial charge in [0.05, 0.1) is 12.0 Å². The summed E-state index contributed by atoms with van der Waals surface area (Å²) in [4.78, 5) is 25.2. The second-order valence-electron chi connectivity index (χ2n) is 4.71. The van der Waals surface area contributed by atoms with E-state index in [9.17, 15) is 9.59 Å². The minimum atomic E-state index is -0.852. The van der Waals surface area contributed by atoms with Gasteiger partial charge in [0.25, 0.3) is 0 Å². The van der Waals surface area contributed by atoms with Crippen molar-refractivity contribution in [1.82, 2.24) is 4.90 Å². The summed E-state index contributed by atoms with van der Waals surface area (Å²) < 4.78 is 0. The highest BCUT2D eigenvalue weighted by Crippen LogP contribution is 2.19. The average molecular weight is 241 g/mol. The van der Waals surface area contributed by atoms with E-state index in [2.05, 4.69) is 0 Å². The number of nitrogens with zero attached hydrogens (tertiary/aromatic N) is 1. The van der Waals surface area contributed by atoms with Gasteiger partial charge < -0.3 is 16.4 Å². The van der Waals surface area contributed by atoms with Crippen LogP contribution in [0.25, 0.3) is 0 Å². The van der Waals surface area contributed by atoms with E-state index in [1.54, 1.807) is 0 Å². The van der Waals surface area contributed by atoms with E-state index < -0.39 is 17.9 Å². The van der Waals surface area contributed by atoms with Crippen molar-refractivity contribution >= 4 is 11.8 Å². The summed E-state index contributed by atoms with van der Waals surface area (Å²) in [6.45, 7) is 3.62. The Hall–Kier alpha value is -1.10. The minimum absolute atomic E-state index is 0.00208. The molecule has 2 amide bonds. The first-order valence-electron chi connectivity index (χ1n) is 6.41. The zero-order valence-corrected chi connectivity index (χ0v) is 10.5. The Bertz CT molecular complexity index is 275. The van der Waals surface area contributed by atoms with Gasteiger partial charge in [0.2, 0.25) is 11.8 Å². The highest BCUT2D eigenvalue weighted by Gasteiger charge is 2.33. The van der Waals surface area contributed by atoms with Crippen molar-refractivity contribution in [1.29, 1.82) is 0 Å². The highest BCUT2D eigenvalue weighted by molar-refractivity contribution is 5.89. The summed E-state index contributed by atoms with van der Waals surface area (Å²) in [5, 5.41) is 0. The van der Waals surface area contributed by atoms with E-state index in [-0.39, 0.29) is 5.91 Å². The molecule has 2 unspecified atom stereocenters. The summed E-state index contributed by atoms with van der Waals surface area (Å²) in [7, 11) is 0. The lowest BCUT2D eigenvalue weighted by molar-refractivity contribution is -0.138. The monoisotopic (exact) mass is 241 g/mol. The fourth-order valence-corrected chi connectivity index (χ4v) is 2.25. The molecule has 1 fully saturated rings. The Morgan fingerprint density at radius 1 is 1.29 bits per heavy atom. The van der Waals surface area contributed by atoms with Crippen molar-refractivity contribution in [3.05, 3.63) is 0 Å². The second kappa shape index (κ2) is 6.59. The van der Waals surface area contributed by atoms with Crippen LogP contribution in [-0.2, 0) is 9.59 Å². The number of unbranched alkanes of at least 4 members (excludes halogenated alkanes) is 1. The van der Waals surface area contributed by atoms with Crippen LogP contribution >= 0.6 is 0 Å². The van der Waals surface area contributed by atoms with E-state index in [1.165, 1.54) is 0 Å². The molecule has 5 heteroatoms. The smallest absolute Gasteiger partial charge is 0.235 e. The summed E-state index contributed by atoms with van der Waals surface area (Å²) in [6, 6.07) is -0.852. The van der Waals surface area contributed by atoms with Crippen LogP contribution in [0.15, 0.2) is 0 Å². The molecule has 1 rings (SSSR count). The van der Waals surface area contributed by atoms with Crippen LogP contribution in [0.2, 0.25) is 0 Å². The molecule has 0 spiro atoms. The lowest BCUT2D eigenvalue weighted by atomic mass is 9.92. The number of carbonyl (C=O) groups is 2. The van der Waals surface area contributed by atoms with Crippen LogP contribution in [0.4, 0.5) is 0 Å². The van der Waals surface area contributed by atoms with E-state index in [4.69, 9.17) is 11.5 Å². The van der Waals surface area contributed by atoms with E-state index in [0.717, 1.165) is 38.8 Å². The maximum Gasteiger partial charge on any atom is 0.235 e. The van der Waals surface area contributed by atoms with Gasteiger partial charge in [-0.3, -0.25) is 9.59 Å². The predicted octanol–water partition coefficient (Wildman–Crippen LogP) is 0.228. The van der Waals surface area contributed by atoms with Gasteiger partial charge in [0.1, 0.15) is 0 Å². The standard InChI is InChI=1S/C12H23N3O2/c1-2-3-6-9(10(13)11(14)16)12(17)15-7-4-5-8-15/h9-10H,2-8,13H2,1H3,(H2,14,16). The summed E-state index contributed by atoms with van der Waals surface area (Å²) in [6.07, 6.45) is 4.60. The second-order valence-corrected chi connectivity index (χ2v) is 4.71. The zero-order chi connectivity index (χ0) is 12.8. The molecule has 0 aromatic carbocycles. The van der Waals surface area contributed by atoms with Gasteiger partial charge in [-0.25, -0.2) is 0 Å². The molecular weight excluding hydrogens is 218 g/mol. The minimum Gasteiger partial charge on any atom is -0.368 e. The molecule has 1 saturated heterocycles. The number of amides is 2. The predicted molar refractivity (Wildman–Crippen MR) is 66.0 cm³/mol. The van der Waals surface area contributed by atoms with Gasteiger partial charge in [0, 0.05) is 13.1 Å². The molecule has 0 aromatic rings. The fraction of sp³-hybridized carbons (Fsp3) is 0.833. The highest BCUT2D eigenvalue weighted by atomic mass is 16.2. The zero-order valence-electron chi connectivity index (χ0n) is 10.5. The lowest BCUT2D eigenvalue weighted by Gasteiger charge is -2.26. The number of primary amides is 1. The Kier molecular flexibility index (Phi) is 5.41. The first kappa shape index (κ1) is 14.0. The molecular formula is C12H23N3O2. The topological polar surface area (TPSA) is 89.4 Å². The Morgan fingerprint density at radius 3 is 2.35 bits per heavy atom. The van der Waals surface area contributed by atoms with Crippen LogP contribution in [0, 0.1) is 5.92 Å². The molecule has 17 heavy (non-hydrogen) atoms. The molecule has 0 saturated carbocycles. The molecule has 5 nitrogen and oxygen atoms in total. The van der Waals surface area contributed by atoms with E-state index in [0.29, 0.717) is 6.42 Å². The number of carbonyl (C=O) groups excluding carboxylic acids is 2. The molecule has 1 aliphatic heterocycles. The Morgan fingerprint density at radius 2 is 1.88 bits per heavy atom. The number of nitrogens with two attached hydrogens (primary N) is 2. The van der Waals surface area contributed by atoms with Crippen molar-refractivity contribution in [2.24, 2.45) is 17.4 Å². The van der Waals surface area contributed by atoms with Crippen LogP contribution in [0.1, 0.15) is 39.0 Å². The third-order valence-corrected chi connectivity index (χ3v) is 3.37. The lowest BCUT2D eigenvalue weighted by Crippen LogP contribution is -2.49. The fourth-order valence-electron chi connectivity index (χ4n) is 2.25. The van der Waals surface area contributed by atoms with Crippen LogP contribution < -0.4 is 11.5 Å². The van der Waals surface area contributed by atoms with Gasteiger partial charge in [-0.05, 0) is 19.3 Å². The SMILES string of the molecule is CCCCC(C(=O)N1CCCC1)C(N)C(N)=O. The number of likely N-dealkylation sites (tertiary alicyclic amines) is 1.